The van der Waals surface area contributed by atoms with Crippen molar-refractivity contribution in [1.82, 2.24) is 5.32 Å². The Morgan fingerprint density at radius 2 is 1.62 bits per heavy atom. The van der Waals surface area contributed by atoms with E-state index in [9.17, 15) is 4.79 Å². The lowest BCUT2D eigenvalue weighted by Crippen LogP contribution is -2.46. The molecule has 5 heteroatoms. The number of rotatable bonds is 10. The zero-order valence-electron chi connectivity index (χ0n) is 15.4. The van der Waals surface area contributed by atoms with Gasteiger partial charge in [-0.15, -0.1) is 0 Å². The van der Waals surface area contributed by atoms with Gasteiger partial charge in [0.1, 0.15) is 6.61 Å². The molecule has 1 amide bonds. The topological polar surface area (TPSA) is 56.8 Å². The molecular formula is C21H27NO4. The number of hydrogen-bond donors (Lipinski definition) is 1. The largest absolute Gasteiger partial charge is 0.445 e. The fourth-order valence-electron chi connectivity index (χ4n) is 2.67. The van der Waals surface area contributed by atoms with E-state index in [2.05, 4.69) is 17.4 Å². The van der Waals surface area contributed by atoms with Crippen molar-refractivity contribution < 1.29 is 19.0 Å². The van der Waals surface area contributed by atoms with E-state index in [1.165, 1.54) is 5.56 Å². The molecule has 1 N–H and O–H groups in total. The van der Waals surface area contributed by atoms with Crippen LogP contribution in [0.3, 0.4) is 0 Å². The highest BCUT2D eigenvalue weighted by Crippen LogP contribution is 2.11. The summed E-state index contributed by atoms with van der Waals surface area (Å²) in [7, 11) is 1.58. The third-order valence-corrected chi connectivity index (χ3v) is 3.99. The lowest BCUT2D eigenvalue weighted by Gasteiger charge is -2.26. The quantitative estimate of drug-likeness (QED) is 0.655. The van der Waals surface area contributed by atoms with Crippen molar-refractivity contribution in [2.24, 2.45) is 0 Å². The Balaban J connectivity index is 1.92. The summed E-state index contributed by atoms with van der Waals surface area (Å²) in [6, 6.07) is 19.4. The number of aryl methyl sites for hydroxylation is 1. The van der Waals surface area contributed by atoms with E-state index in [-0.39, 0.29) is 12.6 Å². The van der Waals surface area contributed by atoms with Crippen molar-refractivity contribution >= 4 is 6.09 Å². The first-order chi connectivity index (χ1) is 12.7. The Hall–Kier alpha value is -2.37. The van der Waals surface area contributed by atoms with Gasteiger partial charge in [0.15, 0.2) is 6.29 Å². The van der Waals surface area contributed by atoms with Crippen LogP contribution in [0.4, 0.5) is 4.79 Å². The van der Waals surface area contributed by atoms with E-state index >= 15 is 0 Å². The van der Waals surface area contributed by atoms with E-state index in [4.69, 9.17) is 14.2 Å². The van der Waals surface area contributed by atoms with Gasteiger partial charge < -0.3 is 19.5 Å². The third-order valence-electron chi connectivity index (χ3n) is 3.99. The number of nitrogens with one attached hydrogen (secondary N) is 1. The molecule has 0 aliphatic rings. The molecule has 140 valence electrons. The van der Waals surface area contributed by atoms with E-state index in [1.807, 2.05) is 55.5 Å². The van der Waals surface area contributed by atoms with Crippen LogP contribution in [0.15, 0.2) is 60.7 Å². The third kappa shape index (κ3) is 6.86. The highest BCUT2D eigenvalue weighted by molar-refractivity contribution is 5.67. The second kappa shape index (κ2) is 11.3. The number of methoxy groups -OCH3 is 1. The molecule has 0 saturated carbocycles. The van der Waals surface area contributed by atoms with Crippen molar-refractivity contribution in [1.29, 1.82) is 0 Å². The fourth-order valence-corrected chi connectivity index (χ4v) is 2.67. The SMILES string of the molecule is CCOC(OC)C(CCc1ccccc1)NC(=O)OCc1ccccc1. The van der Waals surface area contributed by atoms with E-state index in [0.29, 0.717) is 13.0 Å². The minimum atomic E-state index is -0.520. The normalized spacial score (nSPS) is 13.0. The van der Waals surface area contributed by atoms with Gasteiger partial charge in [-0.2, -0.15) is 0 Å². The van der Waals surface area contributed by atoms with Crippen molar-refractivity contribution in [3.8, 4) is 0 Å². The molecule has 0 aliphatic carbocycles. The van der Waals surface area contributed by atoms with Gasteiger partial charge >= 0.3 is 6.09 Å². The summed E-state index contributed by atoms with van der Waals surface area (Å²) in [5.41, 5.74) is 2.14. The van der Waals surface area contributed by atoms with Crippen LogP contribution in [-0.4, -0.2) is 32.1 Å². The molecule has 0 spiro atoms. The van der Waals surface area contributed by atoms with Crippen LogP contribution in [0, 0.1) is 0 Å². The minimum absolute atomic E-state index is 0.227. The maximum absolute atomic E-state index is 12.2. The summed E-state index contributed by atoms with van der Waals surface area (Å²) in [4.78, 5) is 12.2. The molecule has 2 aromatic carbocycles. The van der Waals surface area contributed by atoms with Gasteiger partial charge in [0.05, 0.1) is 6.04 Å². The number of carbonyl (C=O) groups excluding carboxylic acids is 1. The second-order valence-corrected chi connectivity index (χ2v) is 5.90. The Kier molecular flexibility index (Phi) is 8.66. The van der Waals surface area contributed by atoms with Crippen molar-refractivity contribution in [2.75, 3.05) is 13.7 Å². The summed E-state index contributed by atoms with van der Waals surface area (Å²) >= 11 is 0. The fraction of sp³-hybridized carbons (Fsp3) is 0.381. The summed E-state index contributed by atoms with van der Waals surface area (Å²) in [6.45, 7) is 2.62. The molecule has 0 saturated heterocycles. The summed E-state index contributed by atoms with van der Waals surface area (Å²) in [6.07, 6.45) is 0.488. The van der Waals surface area contributed by atoms with Crippen LogP contribution < -0.4 is 5.32 Å². The zero-order valence-corrected chi connectivity index (χ0v) is 15.4. The maximum atomic E-state index is 12.2. The lowest BCUT2D eigenvalue weighted by molar-refractivity contribution is -0.139. The molecular weight excluding hydrogens is 330 g/mol. The zero-order chi connectivity index (χ0) is 18.6. The summed E-state index contributed by atoms with van der Waals surface area (Å²) < 4.78 is 16.3. The Labute approximate surface area is 155 Å². The van der Waals surface area contributed by atoms with Gasteiger partial charge in [-0.25, -0.2) is 4.79 Å². The summed E-state index contributed by atoms with van der Waals surface area (Å²) in [5.74, 6) is 0. The van der Waals surface area contributed by atoms with Gasteiger partial charge in [-0.1, -0.05) is 60.7 Å². The molecule has 2 rings (SSSR count). The maximum Gasteiger partial charge on any atom is 0.407 e. The molecule has 2 atom stereocenters. The van der Waals surface area contributed by atoms with Crippen LogP contribution in [-0.2, 0) is 27.2 Å². The minimum Gasteiger partial charge on any atom is -0.445 e. The molecule has 0 aromatic heterocycles. The van der Waals surface area contributed by atoms with Gasteiger partial charge in [0, 0.05) is 13.7 Å². The second-order valence-electron chi connectivity index (χ2n) is 5.90. The Morgan fingerprint density at radius 1 is 1.00 bits per heavy atom. The van der Waals surface area contributed by atoms with Crippen LogP contribution in [0.25, 0.3) is 0 Å². The number of hydrogen-bond acceptors (Lipinski definition) is 4. The highest BCUT2D eigenvalue weighted by atomic mass is 16.7. The molecule has 26 heavy (non-hydrogen) atoms. The molecule has 0 fully saturated rings. The predicted molar refractivity (Wildman–Crippen MR) is 101 cm³/mol. The Morgan fingerprint density at radius 3 is 2.19 bits per heavy atom. The van der Waals surface area contributed by atoms with Gasteiger partial charge in [0.25, 0.3) is 0 Å². The molecule has 0 aliphatic heterocycles. The molecule has 2 unspecified atom stereocenters. The monoisotopic (exact) mass is 357 g/mol. The molecule has 0 heterocycles. The first kappa shape index (κ1) is 19.9. The van der Waals surface area contributed by atoms with Crippen molar-refractivity contribution in [3.05, 3.63) is 71.8 Å². The van der Waals surface area contributed by atoms with Crippen molar-refractivity contribution in [3.63, 3.8) is 0 Å². The number of ether oxygens (including phenoxy) is 3. The average molecular weight is 357 g/mol. The molecule has 5 nitrogen and oxygen atoms in total. The van der Waals surface area contributed by atoms with Gasteiger partial charge in [-0.3, -0.25) is 0 Å². The van der Waals surface area contributed by atoms with Crippen molar-refractivity contribution in [2.45, 2.75) is 38.7 Å². The predicted octanol–water partition coefficient (Wildman–Crippen LogP) is 3.92. The van der Waals surface area contributed by atoms with Crippen LogP contribution in [0.1, 0.15) is 24.5 Å². The standard InChI is InChI=1S/C21H27NO4/c1-3-25-20(24-2)19(15-14-17-10-6-4-7-11-17)22-21(23)26-16-18-12-8-5-9-13-18/h4-13,19-20H,3,14-16H2,1-2H3,(H,22,23). The Bertz CT molecular complexity index is 633. The highest BCUT2D eigenvalue weighted by Gasteiger charge is 2.24. The first-order valence-electron chi connectivity index (χ1n) is 8.88. The summed E-state index contributed by atoms with van der Waals surface area (Å²) in [5, 5.41) is 2.88. The number of amides is 1. The molecule has 0 bridgehead atoms. The van der Waals surface area contributed by atoms with Gasteiger partial charge in [0.2, 0.25) is 0 Å². The van der Waals surface area contributed by atoms with Gasteiger partial charge in [-0.05, 0) is 30.9 Å². The lowest BCUT2D eigenvalue weighted by atomic mass is 10.0. The van der Waals surface area contributed by atoms with E-state index in [0.717, 1.165) is 12.0 Å². The smallest absolute Gasteiger partial charge is 0.407 e. The molecule has 2 aromatic rings. The van der Waals surface area contributed by atoms with E-state index in [1.54, 1.807) is 7.11 Å². The van der Waals surface area contributed by atoms with Crippen LogP contribution in [0.5, 0.6) is 0 Å². The first-order valence-corrected chi connectivity index (χ1v) is 8.88. The van der Waals surface area contributed by atoms with Crippen LogP contribution >= 0.6 is 0 Å². The average Bonchev–Trinajstić information content (AvgIpc) is 2.69. The van der Waals surface area contributed by atoms with E-state index < -0.39 is 12.4 Å². The molecule has 0 radical (unpaired) electrons. The number of benzene rings is 2. The number of carbonyl (C=O) groups is 1. The number of alkyl carbamates (subject to hydrolysis) is 1. The van der Waals surface area contributed by atoms with Crippen LogP contribution in [0.2, 0.25) is 0 Å².